The van der Waals surface area contributed by atoms with Crippen molar-refractivity contribution in [2.24, 2.45) is 5.73 Å². The van der Waals surface area contributed by atoms with Crippen molar-refractivity contribution in [3.05, 3.63) is 30.3 Å². The number of nitrogens with one attached hydrogen (secondary N) is 1. The maximum Gasteiger partial charge on any atom is 0.134 e. The van der Waals surface area contributed by atoms with E-state index in [9.17, 15) is 0 Å². The van der Waals surface area contributed by atoms with Crippen LogP contribution in [0.25, 0.3) is 0 Å². The van der Waals surface area contributed by atoms with Crippen LogP contribution < -0.4 is 15.8 Å². The van der Waals surface area contributed by atoms with Gasteiger partial charge in [0, 0.05) is 0 Å². The van der Waals surface area contributed by atoms with Gasteiger partial charge in [-0.2, -0.15) is 0 Å². The molecule has 1 aromatic rings. The molecule has 1 aromatic carbocycles. The molecule has 0 amide bonds. The minimum absolute atomic E-state index is 0.0641. The Bertz CT molecular complexity index is 368. The molecule has 0 saturated carbocycles. The molecule has 0 saturated heterocycles. The van der Waals surface area contributed by atoms with E-state index in [2.05, 4.69) is 5.32 Å². The number of benzene rings is 1. The maximum atomic E-state index is 5.54. The summed E-state index contributed by atoms with van der Waals surface area (Å²) < 4.78 is 5.54. The van der Waals surface area contributed by atoms with Crippen molar-refractivity contribution in [1.82, 2.24) is 5.32 Å². The maximum absolute atomic E-state index is 5.54. The number of rotatable bonds is 4. The summed E-state index contributed by atoms with van der Waals surface area (Å²) in [5.74, 6) is 0.831. The summed E-state index contributed by atoms with van der Waals surface area (Å²) >= 11 is 9.70. The predicted octanol–water partition coefficient (Wildman–Crippen LogP) is 1.66. The third-order valence-corrected chi connectivity index (χ3v) is 2.52. The molecule has 0 aliphatic heterocycles. The van der Waals surface area contributed by atoms with Crippen molar-refractivity contribution in [3.8, 4) is 5.75 Å². The highest BCUT2D eigenvalue weighted by Crippen LogP contribution is 2.08. The summed E-state index contributed by atoms with van der Waals surface area (Å²) in [7, 11) is 0. The highest BCUT2D eigenvalue weighted by Gasteiger charge is 2.06. The Morgan fingerprint density at radius 1 is 1.38 bits per heavy atom. The fraction of sp³-hybridized carbons (Fsp3) is 0.273. The van der Waals surface area contributed by atoms with Gasteiger partial charge in [-0.3, -0.25) is 0 Å². The van der Waals surface area contributed by atoms with Crippen molar-refractivity contribution < 1.29 is 4.74 Å². The van der Waals surface area contributed by atoms with Gasteiger partial charge < -0.3 is 15.8 Å². The van der Waals surface area contributed by atoms with Crippen LogP contribution in [-0.4, -0.2) is 22.6 Å². The molecule has 16 heavy (non-hydrogen) atoms. The van der Waals surface area contributed by atoms with E-state index < -0.39 is 0 Å². The van der Waals surface area contributed by atoms with Gasteiger partial charge in [0.2, 0.25) is 0 Å². The minimum Gasteiger partial charge on any atom is -0.491 e. The molecule has 1 rings (SSSR count). The van der Waals surface area contributed by atoms with Crippen molar-refractivity contribution in [2.45, 2.75) is 13.0 Å². The Hall–Kier alpha value is -1.20. The number of nitrogens with two attached hydrogens (primary N) is 1. The highest BCUT2D eigenvalue weighted by atomic mass is 32.1. The Morgan fingerprint density at radius 3 is 2.56 bits per heavy atom. The lowest BCUT2D eigenvalue weighted by molar-refractivity contribution is 0.287. The molecule has 3 N–H and O–H groups in total. The quantitative estimate of drug-likeness (QED) is 0.800. The third kappa shape index (κ3) is 4.55. The monoisotopic (exact) mass is 254 g/mol. The number of ether oxygens (including phenoxy) is 1. The van der Waals surface area contributed by atoms with E-state index in [1.54, 1.807) is 0 Å². The average Bonchev–Trinajstić information content (AvgIpc) is 2.27. The van der Waals surface area contributed by atoms with E-state index in [1.165, 1.54) is 0 Å². The van der Waals surface area contributed by atoms with Gasteiger partial charge in [-0.05, 0) is 19.1 Å². The molecular weight excluding hydrogens is 240 g/mol. The topological polar surface area (TPSA) is 47.3 Å². The molecule has 0 bridgehead atoms. The molecule has 0 fully saturated rings. The first-order valence-electron chi connectivity index (χ1n) is 4.87. The smallest absolute Gasteiger partial charge is 0.134 e. The molecule has 86 valence electrons. The molecule has 0 aromatic heterocycles. The predicted molar refractivity (Wildman–Crippen MR) is 73.9 cm³/mol. The van der Waals surface area contributed by atoms with Gasteiger partial charge in [0.25, 0.3) is 0 Å². The SMILES string of the molecule is CC(COc1ccccc1)NC(=S)C(N)=S. The summed E-state index contributed by atoms with van der Waals surface area (Å²) in [6, 6.07) is 9.66. The highest BCUT2D eigenvalue weighted by molar-refractivity contribution is 7.89. The van der Waals surface area contributed by atoms with Gasteiger partial charge in [-0.1, -0.05) is 42.6 Å². The largest absolute Gasteiger partial charge is 0.491 e. The third-order valence-electron chi connectivity index (χ3n) is 1.84. The number of para-hydroxylation sites is 1. The van der Waals surface area contributed by atoms with E-state index in [0.717, 1.165) is 5.75 Å². The van der Waals surface area contributed by atoms with Crippen molar-refractivity contribution in [3.63, 3.8) is 0 Å². The lowest BCUT2D eigenvalue weighted by Gasteiger charge is -2.15. The zero-order chi connectivity index (χ0) is 12.0. The lowest BCUT2D eigenvalue weighted by atomic mass is 10.3. The number of thiocarbonyl (C=S) groups is 2. The molecule has 0 radical (unpaired) electrons. The van der Waals surface area contributed by atoms with Crippen LogP contribution in [0.4, 0.5) is 0 Å². The van der Waals surface area contributed by atoms with Crippen LogP contribution in [0.3, 0.4) is 0 Å². The molecule has 5 heteroatoms. The van der Waals surface area contributed by atoms with Crippen LogP contribution in [0.15, 0.2) is 30.3 Å². The lowest BCUT2D eigenvalue weighted by Crippen LogP contribution is -2.41. The van der Waals surface area contributed by atoms with Gasteiger partial charge in [-0.25, -0.2) is 0 Å². The zero-order valence-electron chi connectivity index (χ0n) is 8.97. The first-order valence-corrected chi connectivity index (χ1v) is 5.69. The summed E-state index contributed by atoms with van der Waals surface area (Å²) in [5.41, 5.74) is 5.38. The van der Waals surface area contributed by atoms with Gasteiger partial charge in [0.1, 0.15) is 22.3 Å². The second-order valence-electron chi connectivity index (χ2n) is 3.36. The molecule has 1 unspecified atom stereocenters. The molecular formula is C11H14N2OS2. The number of hydrogen-bond acceptors (Lipinski definition) is 3. The Kier molecular flexibility index (Phi) is 5.14. The van der Waals surface area contributed by atoms with Crippen molar-refractivity contribution in [1.29, 1.82) is 0 Å². The first-order chi connectivity index (χ1) is 7.59. The van der Waals surface area contributed by atoms with E-state index in [1.807, 2.05) is 37.3 Å². The van der Waals surface area contributed by atoms with Crippen LogP contribution in [0, 0.1) is 0 Å². The zero-order valence-corrected chi connectivity index (χ0v) is 10.6. The molecule has 3 nitrogen and oxygen atoms in total. The minimum atomic E-state index is 0.0641. The van der Waals surface area contributed by atoms with Gasteiger partial charge in [-0.15, -0.1) is 0 Å². The standard InChI is InChI=1S/C11H14N2OS2/c1-8(13-11(16)10(12)15)7-14-9-5-3-2-4-6-9/h2-6,8H,7H2,1H3,(H2,12,15)(H,13,16). The second kappa shape index (κ2) is 6.40. The molecule has 0 heterocycles. The molecule has 0 aliphatic carbocycles. The van der Waals surface area contributed by atoms with Crippen LogP contribution in [0.2, 0.25) is 0 Å². The van der Waals surface area contributed by atoms with Gasteiger partial charge in [0.05, 0.1) is 6.04 Å². The van der Waals surface area contributed by atoms with E-state index in [4.69, 9.17) is 34.9 Å². The van der Waals surface area contributed by atoms with E-state index in [-0.39, 0.29) is 11.0 Å². The van der Waals surface area contributed by atoms with Crippen molar-refractivity contribution >= 4 is 34.4 Å². The van der Waals surface area contributed by atoms with Crippen LogP contribution in [0.1, 0.15) is 6.92 Å². The first kappa shape index (κ1) is 12.9. The number of hydrogen-bond donors (Lipinski definition) is 2. The fourth-order valence-electron chi connectivity index (χ4n) is 1.07. The van der Waals surface area contributed by atoms with Gasteiger partial charge >= 0.3 is 0 Å². The molecule has 1 atom stereocenters. The second-order valence-corrected chi connectivity index (χ2v) is 4.21. The summed E-state index contributed by atoms with van der Waals surface area (Å²) in [5, 5.41) is 2.99. The Balaban J connectivity index is 2.33. The van der Waals surface area contributed by atoms with Crippen LogP contribution >= 0.6 is 24.4 Å². The normalized spacial score (nSPS) is 11.6. The Labute approximate surface area is 106 Å². The summed E-state index contributed by atoms with van der Waals surface area (Å²) in [6.45, 7) is 2.46. The van der Waals surface area contributed by atoms with Crippen LogP contribution in [0.5, 0.6) is 5.75 Å². The van der Waals surface area contributed by atoms with Crippen LogP contribution in [-0.2, 0) is 0 Å². The van der Waals surface area contributed by atoms with Crippen molar-refractivity contribution in [2.75, 3.05) is 6.61 Å². The van der Waals surface area contributed by atoms with Gasteiger partial charge in [0.15, 0.2) is 0 Å². The molecule has 0 aliphatic rings. The Morgan fingerprint density at radius 2 is 2.00 bits per heavy atom. The van der Waals surface area contributed by atoms with E-state index >= 15 is 0 Å². The summed E-state index contributed by atoms with van der Waals surface area (Å²) in [6.07, 6.45) is 0. The fourth-order valence-corrected chi connectivity index (χ4v) is 1.33. The summed E-state index contributed by atoms with van der Waals surface area (Å²) in [4.78, 5) is 0.612. The molecule has 0 spiro atoms. The van der Waals surface area contributed by atoms with E-state index in [0.29, 0.717) is 11.6 Å². The average molecular weight is 254 g/mol.